The van der Waals surface area contributed by atoms with Gasteiger partial charge in [-0.15, -0.1) is 0 Å². The van der Waals surface area contributed by atoms with Gasteiger partial charge in [-0.05, 0) is 56.7 Å². The van der Waals surface area contributed by atoms with Crippen LogP contribution in [0.2, 0.25) is 0 Å². The summed E-state index contributed by atoms with van der Waals surface area (Å²) in [4.78, 5) is 0. The van der Waals surface area contributed by atoms with Crippen molar-refractivity contribution in [3.8, 4) is 0 Å². The van der Waals surface area contributed by atoms with Crippen molar-refractivity contribution >= 4 is 0 Å². The van der Waals surface area contributed by atoms with Gasteiger partial charge in [0.2, 0.25) is 0 Å². The fourth-order valence-electron chi connectivity index (χ4n) is 2.07. The molecule has 0 heterocycles. The molecule has 0 saturated heterocycles. The maximum atomic E-state index is 13.8. The molecule has 0 aliphatic carbocycles. The van der Waals surface area contributed by atoms with Crippen LogP contribution in [0.3, 0.4) is 0 Å². The molecule has 114 valence electrons. The van der Waals surface area contributed by atoms with Gasteiger partial charge in [0.1, 0.15) is 11.6 Å². The molecular formula is C17H27F2N. The van der Waals surface area contributed by atoms with Crippen molar-refractivity contribution in [2.24, 2.45) is 11.3 Å². The molecular weight excluding hydrogens is 256 g/mol. The molecule has 0 amide bonds. The Kier molecular flexibility index (Phi) is 5.31. The summed E-state index contributed by atoms with van der Waals surface area (Å²) in [5.41, 5.74) is 0.672. The number of rotatable bonds is 4. The molecule has 1 nitrogen and oxygen atoms in total. The van der Waals surface area contributed by atoms with Crippen LogP contribution in [0.25, 0.3) is 0 Å². The number of benzene rings is 1. The first-order chi connectivity index (χ1) is 8.99. The molecule has 1 atom stereocenters. The molecule has 0 aliphatic heterocycles. The highest BCUT2D eigenvalue weighted by atomic mass is 19.1. The molecule has 1 unspecified atom stereocenters. The van der Waals surface area contributed by atoms with Crippen molar-refractivity contribution in [3.63, 3.8) is 0 Å². The molecule has 0 bridgehead atoms. The van der Waals surface area contributed by atoms with Crippen LogP contribution in [0.4, 0.5) is 8.78 Å². The standard InChI is InChI=1S/C17H27F2N/c1-16(2,3)13(11-20-17(4,5)6)9-12-7-8-14(18)10-15(12)19/h7-8,10,13,20H,9,11H2,1-6H3. The molecule has 0 aliphatic rings. The van der Waals surface area contributed by atoms with E-state index < -0.39 is 11.6 Å². The van der Waals surface area contributed by atoms with Crippen LogP contribution in [0.1, 0.15) is 47.1 Å². The van der Waals surface area contributed by atoms with Gasteiger partial charge in [0, 0.05) is 11.6 Å². The summed E-state index contributed by atoms with van der Waals surface area (Å²) in [6, 6.07) is 3.85. The number of hydrogen-bond acceptors (Lipinski definition) is 1. The maximum Gasteiger partial charge on any atom is 0.129 e. The molecule has 1 N–H and O–H groups in total. The third kappa shape index (κ3) is 5.58. The lowest BCUT2D eigenvalue weighted by Gasteiger charge is -2.34. The van der Waals surface area contributed by atoms with Crippen molar-refractivity contribution in [1.29, 1.82) is 0 Å². The SMILES string of the molecule is CC(C)(C)NCC(Cc1ccc(F)cc1F)C(C)(C)C. The van der Waals surface area contributed by atoms with Gasteiger partial charge in [-0.1, -0.05) is 26.8 Å². The summed E-state index contributed by atoms with van der Waals surface area (Å²) in [5.74, 6) is -0.692. The third-order valence-corrected chi connectivity index (χ3v) is 3.58. The summed E-state index contributed by atoms with van der Waals surface area (Å²) < 4.78 is 26.8. The van der Waals surface area contributed by atoms with Crippen LogP contribution in [0.15, 0.2) is 18.2 Å². The fourth-order valence-corrected chi connectivity index (χ4v) is 2.07. The highest BCUT2D eigenvalue weighted by Crippen LogP contribution is 2.30. The first kappa shape index (κ1) is 17.1. The summed E-state index contributed by atoms with van der Waals surface area (Å²) in [7, 11) is 0. The van der Waals surface area contributed by atoms with Gasteiger partial charge < -0.3 is 5.32 Å². The Hall–Kier alpha value is -0.960. The van der Waals surface area contributed by atoms with Gasteiger partial charge in [-0.3, -0.25) is 0 Å². The lowest BCUT2D eigenvalue weighted by molar-refractivity contribution is 0.212. The molecule has 1 aromatic carbocycles. The van der Waals surface area contributed by atoms with Gasteiger partial charge in [0.05, 0.1) is 0 Å². The van der Waals surface area contributed by atoms with Crippen LogP contribution in [-0.2, 0) is 6.42 Å². The third-order valence-electron chi connectivity index (χ3n) is 3.58. The molecule has 0 radical (unpaired) electrons. The van der Waals surface area contributed by atoms with Crippen LogP contribution in [0, 0.1) is 23.0 Å². The van der Waals surface area contributed by atoms with Crippen LogP contribution >= 0.6 is 0 Å². The van der Waals surface area contributed by atoms with Crippen LogP contribution < -0.4 is 5.32 Å². The largest absolute Gasteiger partial charge is 0.312 e. The Balaban J connectivity index is 2.85. The van der Waals surface area contributed by atoms with Crippen molar-refractivity contribution in [2.75, 3.05) is 6.54 Å². The molecule has 20 heavy (non-hydrogen) atoms. The highest BCUT2D eigenvalue weighted by molar-refractivity contribution is 5.19. The van der Waals surface area contributed by atoms with E-state index in [4.69, 9.17) is 0 Å². The monoisotopic (exact) mass is 283 g/mol. The van der Waals surface area contributed by atoms with Crippen molar-refractivity contribution in [2.45, 2.75) is 53.5 Å². The predicted molar refractivity (Wildman–Crippen MR) is 80.8 cm³/mol. The van der Waals surface area contributed by atoms with Gasteiger partial charge in [-0.2, -0.15) is 0 Å². The number of hydrogen-bond donors (Lipinski definition) is 1. The Morgan fingerprint density at radius 3 is 2.10 bits per heavy atom. The van der Waals surface area contributed by atoms with Gasteiger partial charge in [0.25, 0.3) is 0 Å². The topological polar surface area (TPSA) is 12.0 Å². The van der Waals surface area contributed by atoms with Gasteiger partial charge >= 0.3 is 0 Å². The first-order valence-electron chi connectivity index (χ1n) is 7.18. The highest BCUT2D eigenvalue weighted by Gasteiger charge is 2.27. The van der Waals surface area contributed by atoms with E-state index in [0.717, 1.165) is 12.6 Å². The zero-order valence-electron chi connectivity index (χ0n) is 13.5. The maximum absolute atomic E-state index is 13.8. The van der Waals surface area contributed by atoms with Crippen molar-refractivity contribution in [1.82, 2.24) is 5.32 Å². The summed E-state index contributed by atoms with van der Waals surface area (Å²) in [6.45, 7) is 13.6. The Morgan fingerprint density at radius 1 is 1.05 bits per heavy atom. The van der Waals surface area contributed by atoms with Gasteiger partial charge in [0.15, 0.2) is 0 Å². The van der Waals surface area contributed by atoms with E-state index in [-0.39, 0.29) is 16.9 Å². The average molecular weight is 283 g/mol. The lowest BCUT2D eigenvalue weighted by atomic mass is 9.77. The minimum Gasteiger partial charge on any atom is -0.312 e. The molecule has 0 spiro atoms. The van der Waals surface area contributed by atoms with E-state index in [1.165, 1.54) is 6.07 Å². The second-order valence-corrected chi connectivity index (χ2v) is 7.63. The van der Waals surface area contributed by atoms with Gasteiger partial charge in [-0.25, -0.2) is 8.78 Å². The van der Waals surface area contributed by atoms with E-state index in [1.54, 1.807) is 6.07 Å². The van der Waals surface area contributed by atoms with E-state index in [1.807, 2.05) is 0 Å². The predicted octanol–water partition coefficient (Wildman–Crippen LogP) is 4.56. The minimum absolute atomic E-state index is 0.0326. The zero-order valence-corrected chi connectivity index (χ0v) is 13.5. The first-order valence-corrected chi connectivity index (χ1v) is 7.18. The molecule has 1 aromatic rings. The smallest absolute Gasteiger partial charge is 0.129 e. The van der Waals surface area contributed by atoms with Crippen molar-refractivity contribution in [3.05, 3.63) is 35.4 Å². The van der Waals surface area contributed by atoms with E-state index in [0.29, 0.717) is 12.0 Å². The van der Waals surface area contributed by atoms with Crippen molar-refractivity contribution < 1.29 is 8.78 Å². The minimum atomic E-state index is -0.522. The summed E-state index contributed by atoms with van der Waals surface area (Å²) in [5, 5.41) is 3.48. The second-order valence-electron chi connectivity index (χ2n) is 7.63. The Labute approximate surface area is 121 Å². The molecule has 1 rings (SSSR count). The summed E-state index contributed by atoms with van der Waals surface area (Å²) in [6.07, 6.45) is 0.610. The Morgan fingerprint density at radius 2 is 1.65 bits per heavy atom. The number of nitrogens with one attached hydrogen (secondary N) is 1. The Bertz CT molecular complexity index is 441. The summed E-state index contributed by atoms with van der Waals surface area (Å²) >= 11 is 0. The molecule has 0 fully saturated rings. The zero-order chi connectivity index (χ0) is 15.6. The fraction of sp³-hybridized carbons (Fsp3) is 0.647. The molecule has 0 saturated carbocycles. The van der Waals surface area contributed by atoms with E-state index >= 15 is 0 Å². The average Bonchev–Trinajstić information content (AvgIpc) is 2.23. The molecule has 0 aromatic heterocycles. The number of halogens is 2. The van der Waals surface area contributed by atoms with E-state index in [2.05, 4.69) is 46.9 Å². The lowest BCUT2D eigenvalue weighted by Crippen LogP contribution is -2.42. The van der Waals surface area contributed by atoms with Crippen LogP contribution in [0.5, 0.6) is 0 Å². The van der Waals surface area contributed by atoms with E-state index in [9.17, 15) is 8.78 Å². The quantitative estimate of drug-likeness (QED) is 0.854. The van der Waals surface area contributed by atoms with Crippen LogP contribution in [-0.4, -0.2) is 12.1 Å². The molecule has 3 heteroatoms. The second kappa shape index (κ2) is 6.21. The normalized spacial score (nSPS) is 14.4.